The van der Waals surface area contributed by atoms with Crippen LogP contribution in [0.1, 0.15) is 31.2 Å². The molecule has 88 valence electrons. The van der Waals surface area contributed by atoms with Crippen LogP contribution in [-0.4, -0.2) is 11.5 Å². The van der Waals surface area contributed by atoms with Gasteiger partial charge in [-0.3, -0.25) is 0 Å². The van der Waals surface area contributed by atoms with Crippen LogP contribution in [0.25, 0.3) is 10.4 Å². The van der Waals surface area contributed by atoms with Crippen molar-refractivity contribution in [3.63, 3.8) is 0 Å². The molecule has 0 unspecified atom stereocenters. The first-order chi connectivity index (χ1) is 8.36. The van der Waals surface area contributed by atoms with E-state index in [4.69, 9.17) is 0 Å². The van der Waals surface area contributed by atoms with Gasteiger partial charge in [-0.2, -0.15) is 0 Å². The molecule has 0 bridgehead atoms. The third-order valence-electron chi connectivity index (χ3n) is 3.08. The van der Waals surface area contributed by atoms with Gasteiger partial charge in [0.25, 0.3) is 0 Å². The van der Waals surface area contributed by atoms with Crippen molar-refractivity contribution < 1.29 is 0 Å². The van der Waals surface area contributed by atoms with Gasteiger partial charge in [-0.1, -0.05) is 35.6 Å². The SMILES string of the molecule is CCNc1ncc(-c2ccc(C3CC3)cc2)s1. The Morgan fingerprint density at radius 1 is 1.29 bits per heavy atom. The van der Waals surface area contributed by atoms with E-state index in [2.05, 4.69) is 41.5 Å². The van der Waals surface area contributed by atoms with Gasteiger partial charge in [0.2, 0.25) is 0 Å². The van der Waals surface area contributed by atoms with E-state index >= 15 is 0 Å². The highest BCUT2D eigenvalue weighted by Crippen LogP contribution is 2.40. The monoisotopic (exact) mass is 244 g/mol. The lowest BCUT2D eigenvalue weighted by atomic mass is 10.1. The Hall–Kier alpha value is -1.35. The minimum Gasteiger partial charge on any atom is -0.362 e. The van der Waals surface area contributed by atoms with Crippen molar-refractivity contribution in [3.8, 4) is 10.4 Å². The molecule has 3 heteroatoms. The summed E-state index contributed by atoms with van der Waals surface area (Å²) in [5.41, 5.74) is 2.77. The Morgan fingerprint density at radius 2 is 2.06 bits per heavy atom. The number of benzene rings is 1. The minimum atomic E-state index is 0.836. The molecular weight excluding hydrogens is 228 g/mol. The largest absolute Gasteiger partial charge is 0.362 e. The number of hydrogen-bond donors (Lipinski definition) is 1. The fraction of sp³-hybridized carbons (Fsp3) is 0.357. The van der Waals surface area contributed by atoms with Crippen molar-refractivity contribution >= 4 is 16.5 Å². The second-order valence-corrected chi connectivity index (χ2v) is 5.49. The molecule has 1 aromatic heterocycles. The standard InChI is InChI=1S/C14H16N2S/c1-2-15-14-16-9-13(17-14)12-7-5-11(6-8-12)10-3-4-10/h5-10H,2-4H2,1H3,(H,15,16). The number of anilines is 1. The zero-order valence-corrected chi connectivity index (χ0v) is 10.8. The Balaban J connectivity index is 1.81. The molecule has 0 atom stereocenters. The van der Waals surface area contributed by atoms with Crippen molar-refractivity contribution in [1.82, 2.24) is 4.98 Å². The lowest BCUT2D eigenvalue weighted by Gasteiger charge is -2.00. The average molecular weight is 244 g/mol. The van der Waals surface area contributed by atoms with Crippen LogP contribution in [-0.2, 0) is 0 Å². The zero-order chi connectivity index (χ0) is 11.7. The zero-order valence-electron chi connectivity index (χ0n) is 9.94. The van der Waals surface area contributed by atoms with Crippen LogP contribution in [0.15, 0.2) is 30.5 Å². The first-order valence-electron chi connectivity index (χ1n) is 6.17. The van der Waals surface area contributed by atoms with E-state index in [-0.39, 0.29) is 0 Å². The molecule has 17 heavy (non-hydrogen) atoms. The van der Waals surface area contributed by atoms with Crippen molar-refractivity contribution in [2.45, 2.75) is 25.7 Å². The van der Waals surface area contributed by atoms with Gasteiger partial charge in [-0.15, -0.1) is 0 Å². The number of nitrogens with zero attached hydrogens (tertiary/aromatic N) is 1. The summed E-state index contributed by atoms with van der Waals surface area (Å²) in [7, 11) is 0. The van der Waals surface area contributed by atoms with Crippen molar-refractivity contribution in [2.24, 2.45) is 0 Å². The second-order valence-electron chi connectivity index (χ2n) is 4.46. The topological polar surface area (TPSA) is 24.9 Å². The summed E-state index contributed by atoms with van der Waals surface area (Å²) in [6, 6.07) is 8.97. The summed E-state index contributed by atoms with van der Waals surface area (Å²) in [5.74, 6) is 0.836. The molecule has 1 aliphatic rings. The minimum absolute atomic E-state index is 0.836. The molecular formula is C14H16N2S. The maximum atomic E-state index is 4.36. The normalized spacial score (nSPS) is 14.9. The predicted molar refractivity (Wildman–Crippen MR) is 73.7 cm³/mol. The quantitative estimate of drug-likeness (QED) is 0.875. The van der Waals surface area contributed by atoms with Crippen LogP contribution in [0.2, 0.25) is 0 Å². The van der Waals surface area contributed by atoms with Gasteiger partial charge in [0.05, 0.1) is 4.88 Å². The summed E-state index contributed by atoms with van der Waals surface area (Å²) in [6.45, 7) is 3.01. The smallest absolute Gasteiger partial charge is 0.183 e. The van der Waals surface area contributed by atoms with E-state index in [1.807, 2.05) is 6.20 Å². The molecule has 2 nitrogen and oxygen atoms in total. The Bertz CT molecular complexity index is 497. The van der Waals surface area contributed by atoms with Crippen LogP contribution >= 0.6 is 11.3 Å². The van der Waals surface area contributed by atoms with E-state index < -0.39 is 0 Å². The van der Waals surface area contributed by atoms with Gasteiger partial charge in [-0.05, 0) is 36.8 Å². The molecule has 1 aliphatic carbocycles. The summed E-state index contributed by atoms with van der Waals surface area (Å²) in [6.07, 6.45) is 4.68. The predicted octanol–water partition coefficient (Wildman–Crippen LogP) is 4.12. The fourth-order valence-electron chi connectivity index (χ4n) is 1.98. The third-order valence-corrected chi connectivity index (χ3v) is 4.08. The van der Waals surface area contributed by atoms with Crippen LogP contribution in [0.5, 0.6) is 0 Å². The maximum Gasteiger partial charge on any atom is 0.183 e. The first-order valence-corrected chi connectivity index (χ1v) is 6.98. The molecule has 1 fully saturated rings. The highest BCUT2D eigenvalue weighted by molar-refractivity contribution is 7.18. The fourth-order valence-corrected chi connectivity index (χ4v) is 2.87. The van der Waals surface area contributed by atoms with Crippen molar-refractivity contribution in [3.05, 3.63) is 36.0 Å². The number of rotatable bonds is 4. The van der Waals surface area contributed by atoms with E-state index in [1.165, 1.54) is 28.8 Å². The Labute approximate surface area is 106 Å². The van der Waals surface area contributed by atoms with E-state index in [9.17, 15) is 0 Å². The maximum absolute atomic E-state index is 4.36. The molecule has 0 radical (unpaired) electrons. The van der Waals surface area contributed by atoms with E-state index in [0.29, 0.717) is 0 Å². The van der Waals surface area contributed by atoms with Gasteiger partial charge >= 0.3 is 0 Å². The lowest BCUT2D eigenvalue weighted by molar-refractivity contribution is 1.13. The molecule has 1 aromatic carbocycles. The van der Waals surface area contributed by atoms with Crippen LogP contribution in [0, 0.1) is 0 Å². The summed E-state index contributed by atoms with van der Waals surface area (Å²) in [5, 5.41) is 4.25. The molecule has 2 aromatic rings. The summed E-state index contributed by atoms with van der Waals surface area (Å²) in [4.78, 5) is 5.60. The van der Waals surface area contributed by atoms with Crippen LogP contribution < -0.4 is 5.32 Å². The van der Waals surface area contributed by atoms with Crippen molar-refractivity contribution in [2.75, 3.05) is 11.9 Å². The lowest BCUT2D eigenvalue weighted by Crippen LogP contribution is -1.94. The van der Waals surface area contributed by atoms with Crippen LogP contribution in [0.3, 0.4) is 0 Å². The number of aromatic nitrogens is 1. The molecule has 1 N–H and O–H groups in total. The highest BCUT2D eigenvalue weighted by atomic mass is 32.1. The number of hydrogen-bond acceptors (Lipinski definition) is 3. The van der Waals surface area contributed by atoms with Gasteiger partial charge in [0.1, 0.15) is 0 Å². The van der Waals surface area contributed by atoms with Gasteiger partial charge < -0.3 is 5.32 Å². The summed E-state index contributed by atoms with van der Waals surface area (Å²) >= 11 is 1.72. The third kappa shape index (κ3) is 2.34. The van der Waals surface area contributed by atoms with E-state index in [1.54, 1.807) is 11.3 Å². The second kappa shape index (κ2) is 4.49. The van der Waals surface area contributed by atoms with Gasteiger partial charge in [-0.25, -0.2) is 4.98 Å². The number of nitrogens with one attached hydrogen (secondary N) is 1. The highest BCUT2D eigenvalue weighted by Gasteiger charge is 2.23. The molecule has 0 saturated heterocycles. The number of thiazole rings is 1. The van der Waals surface area contributed by atoms with Gasteiger partial charge in [0.15, 0.2) is 5.13 Å². The Morgan fingerprint density at radius 3 is 2.71 bits per heavy atom. The molecule has 1 heterocycles. The first kappa shape index (κ1) is 10.8. The van der Waals surface area contributed by atoms with Crippen LogP contribution in [0.4, 0.5) is 5.13 Å². The molecule has 0 aliphatic heterocycles. The molecule has 0 spiro atoms. The van der Waals surface area contributed by atoms with Gasteiger partial charge in [0, 0.05) is 12.7 Å². The average Bonchev–Trinajstić information content (AvgIpc) is 3.11. The molecule has 0 amide bonds. The summed E-state index contributed by atoms with van der Waals surface area (Å²) < 4.78 is 0. The van der Waals surface area contributed by atoms with Crippen molar-refractivity contribution in [1.29, 1.82) is 0 Å². The van der Waals surface area contributed by atoms with E-state index in [0.717, 1.165) is 17.6 Å². The molecule has 3 rings (SSSR count). The molecule has 1 saturated carbocycles. The Kier molecular flexibility index (Phi) is 2.85.